The molecule has 4 rings (SSSR count). The highest BCUT2D eigenvalue weighted by Crippen LogP contribution is 2.34. The van der Waals surface area contributed by atoms with Gasteiger partial charge in [0.05, 0.1) is 28.9 Å². The van der Waals surface area contributed by atoms with E-state index in [0.29, 0.717) is 28.4 Å². The molecule has 0 aliphatic carbocycles. The summed E-state index contributed by atoms with van der Waals surface area (Å²) in [5.74, 6) is -0.0114. The van der Waals surface area contributed by atoms with Gasteiger partial charge in [-0.15, -0.1) is 11.8 Å². The fraction of sp³-hybridized carbons (Fsp3) is 0.240. The van der Waals surface area contributed by atoms with Gasteiger partial charge in [-0.25, -0.2) is 4.98 Å². The second-order valence-electron chi connectivity index (χ2n) is 7.80. The second-order valence-corrected chi connectivity index (χ2v) is 10.9. The average Bonchev–Trinajstić information content (AvgIpc) is 3.21. The molecule has 0 saturated carbocycles. The minimum absolute atomic E-state index is 0.0114. The molecule has 0 fully saturated rings. The summed E-state index contributed by atoms with van der Waals surface area (Å²) >= 11 is 9.61. The molecule has 0 atom stereocenters. The third-order valence-corrected chi connectivity index (χ3v) is 7.43. The number of rotatable bonds is 7. The lowest BCUT2D eigenvalue weighted by molar-refractivity contribution is -0.118. The van der Waals surface area contributed by atoms with Crippen molar-refractivity contribution in [3.63, 3.8) is 0 Å². The lowest BCUT2D eigenvalue weighted by atomic mass is 10.1. The van der Waals surface area contributed by atoms with Crippen LogP contribution in [0.15, 0.2) is 65.7 Å². The van der Waals surface area contributed by atoms with Crippen molar-refractivity contribution >= 4 is 56.0 Å². The zero-order valence-electron chi connectivity index (χ0n) is 18.2. The lowest BCUT2D eigenvalue weighted by Crippen LogP contribution is -2.32. The van der Waals surface area contributed by atoms with Crippen LogP contribution < -0.4 is 4.90 Å². The first-order valence-corrected chi connectivity index (χ1v) is 12.5. The minimum Gasteiger partial charge on any atom is -0.282 e. The summed E-state index contributed by atoms with van der Waals surface area (Å²) in [4.78, 5) is 25.6. The number of anilines is 1. The molecule has 4 nitrogen and oxygen atoms in total. The summed E-state index contributed by atoms with van der Waals surface area (Å²) in [5.41, 5.74) is 3.56. The number of amides is 1. The van der Waals surface area contributed by atoms with Crippen molar-refractivity contribution in [1.29, 1.82) is 0 Å². The number of thiazole rings is 1. The first-order chi connectivity index (χ1) is 15.4. The van der Waals surface area contributed by atoms with Crippen LogP contribution in [0.2, 0.25) is 5.02 Å². The van der Waals surface area contributed by atoms with Crippen LogP contribution in [-0.2, 0) is 17.8 Å². The van der Waals surface area contributed by atoms with Crippen LogP contribution in [0, 0.1) is 6.92 Å². The van der Waals surface area contributed by atoms with E-state index in [4.69, 9.17) is 16.6 Å². The number of carbonyl (C=O) groups is 1. The van der Waals surface area contributed by atoms with Gasteiger partial charge in [-0.3, -0.25) is 14.7 Å². The molecular weight excluding hydrogens is 458 g/mol. The summed E-state index contributed by atoms with van der Waals surface area (Å²) in [6, 6.07) is 17.8. The summed E-state index contributed by atoms with van der Waals surface area (Å²) < 4.78 is 1.01. The maximum atomic E-state index is 13.4. The molecule has 32 heavy (non-hydrogen) atoms. The van der Waals surface area contributed by atoms with Crippen LogP contribution in [0.4, 0.5) is 5.13 Å². The molecule has 0 spiro atoms. The molecule has 0 unspecified atom stereocenters. The number of carbonyl (C=O) groups excluding carboxylic acids is 1. The monoisotopic (exact) mass is 481 g/mol. The van der Waals surface area contributed by atoms with Crippen molar-refractivity contribution in [2.45, 2.75) is 43.9 Å². The molecule has 0 saturated heterocycles. The van der Waals surface area contributed by atoms with E-state index in [1.165, 1.54) is 16.2 Å². The van der Waals surface area contributed by atoms with Crippen LogP contribution in [-0.4, -0.2) is 21.1 Å². The van der Waals surface area contributed by atoms with Gasteiger partial charge in [-0.2, -0.15) is 0 Å². The standard InChI is InChI=1S/C25H24ClN3OS2/c1-16(2)31-20-9-7-18(8-10-20)14-23(30)29(15-19-6-4-5-13-27-19)25-28-24-17(3)21(26)11-12-22(24)32-25/h4-13,16H,14-15H2,1-3H3. The van der Waals surface area contributed by atoms with Crippen LogP contribution in [0.1, 0.15) is 30.7 Å². The minimum atomic E-state index is -0.0114. The van der Waals surface area contributed by atoms with E-state index in [-0.39, 0.29) is 5.91 Å². The number of benzene rings is 2. The average molecular weight is 482 g/mol. The third-order valence-electron chi connectivity index (χ3n) is 4.97. The summed E-state index contributed by atoms with van der Waals surface area (Å²) in [6.45, 7) is 6.67. The maximum absolute atomic E-state index is 13.4. The van der Waals surface area contributed by atoms with E-state index in [2.05, 4.69) is 31.0 Å². The highest BCUT2D eigenvalue weighted by Gasteiger charge is 2.22. The zero-order valence-corrected chi connectivity index (χ0v) is 20.6. The van der Waals surface area contributed by atoms with Gasteiger partial charge in [-0.1, -0.05) is 55.0 Å². The Bertz CT molecular complexity index is 1220. The number of thioether (sulfide) groups is 1. The number of pyridine rings is 1. The van der Waals surface area contributed by atoms with Gasteiger partial charge in [0.2, 0.25) is 5.91 Å². The van der Waals surface area contributed by atoms with E-state index in [9.17, 15) is 4.79 Å². The van der Waals surface area contributed by atoms with Crippen LogP contribution in [0.25, 0.3) is 10.2 Å². The third kappa shape index (κ3) is 5.31. The summed E-state index contributed by atoms with van der Waals surface area (Å²) in [5, 5.41) is 1.86. The van der Waals surface area contributed by atoms with E-state index < -0.39 is 0 Å². The van der Waals surface area contributed by atoms with Gasteiger partial charge >= 0.3 is 0 Å². The Kier molecular flexibility index (Phi) is 7.13. The van der Waals surface area contributed by atoms with E-state index >= 15 is 0 Å². The van der Waals surface area contributed by atoms with Crippen molar-refractivity contribution in [3.05, 3.63) is 82.6 Å². The van der Waals surface area contributed by atoms with Crippen molar-refractivity contribution in [2.75, 3.05) is 4.90 Å². The second kappa shape index (κ2) is 10.0. The van der Waals surface area contributed by atoms with Crippen LogP contribution >= 0.6 is 34.7 Å². The van der Waals surface area contributed by atoms with E-state index in [1.54, 1.807) is 11.1 Å². The van der Waals surface area contributed by atoms with Crippen molar-refractivity contribution in [1.82, 2.24) is 9.97 Å². The Balaban J connectivity index is 1.63. The van der Waals surface area contributed by atoms with Gasteiger partial charge in [0.1, 0.15) is 0 Å². The molecule has 0 aliphatic heterocycles. The molecule has 0 N–H and O–H groups in total. The Hall–Kier alpha value is -2.41. The number of aryl methyl sites for hydroxylation is 1. The number of aromatic nitrogens is 2. The van der Waals surface area contributed by atoms with Gasteiger partial charge in [-0.05, 0) is 54.4 Å². The largest absolute Gasteiger partial charge is 0.282 e. The molecule has 2 heterocycles. The molecular formula is C25H24ClN3OS2. The first-order valence-electron chi connectivity index (χ1n) is 10.4. The maximum Gasteiger partial charge on any atom is 0.233 e. The molecule has 0 radical (unpaired) electrons. The summed E-state index contributed by atoms with van der Waals surface area (Å²) in [7, 11) is 0. The number of halogens is 1. The highest BCUT2D eigenvalue weighted by atomic mass is 35.5. The van der Waals surface area contributed by atoms with Crippen LogP contribution in [0.5, 0.6) is 0 Å². The smallest absolute Gasteiger partial charge is 0.233 e. The lowest BCUT2D eigenvalue weighted by Gasteiger charge is -2.19. The SMILES string of the molecule is Cc1c(Cl)ccc2sc(N(Cc3ccccn3)C(=O)Cc3ccc(SC(C)C)cc3)nc12. The number of hydrogen-bond donors (Lipinski definition) is 0. The Labute approximate surface area is 201 Å². The molecule has 1 amide bonds. The molecule has 0 aliphatic rings. The molecule has 2 aromatic carbocycles. The van der Waals surface area contributed by atoms with E-state index in [1.807, 2.05) is 61.2 Å². The predicted molar refractivity (Wildman–Crippen MR) is 136 cm³/mol. The number of hydrogen-bond acceptors (Lipinski definition) is 5. The predicted octanol–water partition coefficient (Wildman–Crippen LogP) is 6.93. The molecule has 7 heteroatoms. The number of nitrogens with zero attached hydrogens (tertiary/aromatic N) is 3. The molecule has 0 bridgehead atoms. The quantitative estimate of drug-likeness (QED) is 0.268. The van der Waals surface area contributed by atoms with Crippen molar-refractivity contribution < 1.29 is 4.79 Å². The van der Waals surface area contributed by atoms with Gasteiger partial charge in [0, 0.05) is 21.4 Å². The topological polar surface area (TPSA) is 46.1 Å². The van der Waals surface area contributed by atoms with Crippen molar-refractivity contribution in [2.24, 2.45) is 0 Å². The number of fused-ring (bicyclic) bond motifs is 1. The Morgan fingerprint density at radius 1 is 1.12 bits per heavy atom. The fourth-order valence-corrected chi connectivity index (χ4v) is 5.38. The fourth-order valence-electron chi connectivity index (χ4n) is 3.35. The molecule has 2 aromatic heterocycles. The Morgan fingerprint density at radius 2 is 1.91 bits per heavy atom. The summed E-state index contributed by atoms with van der Waals surface area (Å²) in [6.07, 6.45) is 2.04. The molecule has 4 aromatic rings. The van der Waals surface area contributed by atoms with Crippen molar-refractivity contribution in [3.8, 4) is 0 Å². The van der Waals surface area contributed by atoms with Gasteiger partial charge in [0.15, 0.2) is 5.13 Å². The Morgan fingerprint density at radius 3 is 2.59 bits per heavy atom. The van der Waals surface area contributed by atoms with E-state index in [0.717, 1.165) is 27.0 Å². The van der Waals surface area contributed by atoms with Crippen LogP contribution in [0.3, 0.4) is 0 Å². The highest BCUT2D eigenvalue weighted by molar-refractivity contribution is 7.99. The van der Waals surface area contributed by atoms with Gasteiger partial charge < -0.3 is 0 Å². The molecule has 164 valence electrons. The normalized spacial score (nSPS) is 11.3. The zero-order chi connectivity index (χ0) is 22.7. The first kappa shape index (κ1) is 22.8. The van der Waals surface area contributed by atoms with Gasteiger partial charge in [0.25, 0.3) is 0 Å².